The molecule has 0 spiro atoms. The molecule has 2 amide bonds. The van der Waals surface area contributed by atoms with E-state index in [9.17, 15) is 14.7 Å². The first-order chi connectivity index (χ1) is 13.0. The van der Waals surface area contributed by atoms with Crippen LogP contribution in [0.2, 0.25) is 5.02 Å². The van der Waals surface area contributed by atoms with Crippen LogP contribution in [0.15, 0.2) is 18.2 Å². The van der Waals surface area contributed by atoms with Crippen LogP contribution in [0.1, 0.15) is 26.2 Å². The lowest BCUT2D eigenvalue weighted by molar-refractivity contribution is -0.149. The summed E-state index contributed by atoms with van der Waals surface area (Å²) in [5, 5.41) is 13.0. The minimum absolute atomic E-state index is 0.0158. The number of fused-ring (bicyclic) bond motifs is 1. The standard InChI is InChI=1S/C19H25ClN2O5/c1-2-26-8-9-27-16-6-5-14(20)10-15(16)21-18(25)22-11-13-4-3-7-19(13,12-22)17(23)24/h5-6,10,13H,2-4,7-9,11-12H2,1H3,(H,21,25)(H,23,24)/t13-,19+/m0/s1. The Balaban J connectivity index is 1.67. The van der Waals surface area contributed by atoms with Crippen LogP contribution in [0.5, 0.6) is 5.75 Å². The maximum absolute atomic E-state index is 12.7. The van der Waals surface area contributed by atoms with E-state index in [1.54, 1.807) is 23.1 Å². The van der Waals surface area contributed by atoms with Crippen molar-refractivity contribution in [1.29, 1.82) is 0 Å². The van der Waals surface area contributed by atoms with Gasteiger partial charge in [0.1, 0.15) is 12.4 Å². The van der Waals surface area contributed by atoms with E-state index in [1.165, 1.54) is 0 Å². The van der Waals surface area contributed by atoms with Gasteiger partial charge in [-0.25, -0.2) is 4.79 Å². The molecule has 2 N–H and O–H groups in total. The minimum atomic E-state index is -0.803. The Bertz CT molecular complexity index is 713. The first-order valence-corrected chi connectivity index (χ1v) is 9.63. The average molecular weight is 397 g/mol. The number of urea groups is 1. The van der Waals surface area contributed by atoms with Crippen LogP contribution < -0.4 is 10.1 Å². The van der Waals surface area contributed by atoms with Crippen LogP contribution in [-0.4, -0.2) is 54.9 Å². The fourth-order valence-corrected chi connectivity index (χ4v) is 4.24. The summed E-state index contributed by atoms with van der Waals surface area (Å²) < 4.78 is 10.9. The Morgan fingerprint density at radius 1 is 1.41 bits per heavy atom. The number of hydrogen-bond donors (Lipinski definition) is 2. The Morgan fingerprint density at radius 3 is 2.93 bits per heavy atom. The minimum Gasteiger partial charge on any atom is -0.489 e. The van der Waals surface area contributed by atoms with Crippen LogP contribution in [0.3, 0.4) is 0 Å². The van der Waals surface area contributed by atoms with Crippen molar-refractivity contribution >= 4 is 29.3 Å². The number of ether oxygens (including phenoxy) is 2. The number of hydrogen-bond acceptors (Lipinski definition) is 4. The summed E-state index contributed by atoms with van der Waals surface area (Å²) in [5.41, 5.74) is -0.340. The average Bonchev–Trinajstić information content (AvgIpc) is 3.19. The smallest absolute Gasteiger partial charge is 0.321 e. The molecule has 1 aromatic rings. The monoisotopic (exact) mass is 396 g/mol. The first kappa shape index (κ1) is 19.8. The molecule has 2 fully saturated rings. The van der Waals surface area contributed by atoms with Crippen LogP contribution in [0.25, 0.3) is 0 Å². The Kier molecular flexibility index (Phi) is 6.11. The molecule has 2 aliphatic rings. The number of halogens is 1. The zero-order chi connectivity index (χ0) is 19.4. The van der Waals surface area contributed by atoms with Crippen molar-refractivity contribution in [2.75, 3.05) is 38.2 Å². The highest BCUT2D eigenvalue weighted by Gasteiger charge is 2.55. The summed E-state index contributed by atoms with van der Waals surface area (Å²) in [7, 11) is 0. The number of benzene rings is 1. The third-order valence-electron chi connectivity index (χ3n) is 5.46. The van der Waals surface area contributed by atoms with E-state index in [2.05, 4.69) is 5.32 Å². The van der Waals surface area contributed by atoms with Crippen LogP contribution >= 0.6 is 11.6 Å². The fourth-order valence-electron chi connectivity index (χ4n) is 4.07. The number of carboxylic acid groups (broad SMARTS) is 1. The van der Waals surface area contributed by atoms with Crippen molar-refractivity contribution in [3.63, 3.8) is 0 Å². The van der Waals surface area contributed by atoms with E-state index in [0.29, 0.717) is 49.2 Å². The van der Waals surface area contributed by atoms with E-state index < -0.39 is 11.4 Å². The molecule has 1 aliphatic heterocycles. The van der Waals surface area contributed by atoms with Gasteiger partial charge in [0.2, 0.25) is 0 Å². The van der Waals surface area contributed by atoms with E-state index in [-0.39, 0.29) is 18.5 Å². The number of carbonyl (C=O) groups is 2. The summed E-state index contributed by atoms with van der Waals surface area (Å²) >= 11 is 6.06. The molecule has 148 valence electrons. The second kappa shape index (κ2) is 8.35. The predicted molar refractivity (Wildman–Crippen MR) is 101 cm³/mol. The molecule has 2 atom stereocenters. The molecule has 1 saturated heterocycles. The zero-order valence-electron chi connectivity index (χ0n) is 15.4. The van der Waals surface area contributed by atoms with Crippen molar-refractivity contribution in [3.8, 4) is 5.75 Å². The number of aliphatic carboxylic acids is 1. The summed E-state index contributed by atoms with van der Waals surface area (Å²) in [6.07, 6.45) is 2.37. The van der Waals surface area contributed by atoms with E-state index in [0.717, 1.165) is 12.8 Å². The number of likely N-dealkylation sites (tertiary alicyclic amines) is 1. The largest absolute Gasteiger partial charge is 0.489 e. The molecule has 7 nitrogen and oxygen atoms in total. The number of amides is 2. The highest BCUT2D eigenvalue weighted by molar-refractivity contribution is 6.31. The molecule has 1 aromatic carbocycles. The molecule has 8 heteroatoms. The van der Waals surface area contributed by atoms with Gasteiger partial charge in [-0.2, -0.15) is 0 Å². The second-order valence-corrected chi connectivity index (χ2v) is 7.48. The molecule has 0 bridgehead atoms. The lowest BCUT2D eigenvalue weighted by atomic mass is 9.81. The molecular formula is C19H25ClN2O5. The van der Waals surface area contributed by atoms with Gasteiger partial charge in [-0.15, -0.1) is 0 Å². The number of anilines is 1. The Morgan fingerprint density at radius 2 is 2.22 bits per heavy atom. The maximum atomic E-state index is 12.7. The highest BCUT2D eigenvalue weighted by Crippen LogP contribution is 2.49. The van der Waals surface area contributed by atoms with Gasteiger partial charge in [0.05, 0.1) is 17.7 Å². The summed E-state index contributed by atoms with van der Waals surface area (Å²) in [4.78, 5) is 26.1. The van der Waals surface area contributed by atoms with Gasteiger partial charge in [0.15, 0.2) is 0 Å². The van der Waals surface area contributed by atoms with E-state index in [4.69, 9.17) is 21.1 Å². The van der Waals surface area contributed by atoms with Crippen molar-refractivity contribution in [2.24, 2.45) is 11.3 Å². The van der Waals surface area contributed by atoms with E-state index >= 15 is 0 Å². The third kappa shape index (κ3) is 4.14. The van der Waals surface area contributed by atoms with Gasteiger partial charge >= 0.3 is 12.0 Å². The molecule has 0 unspecified atom stereocenters. The quantitative estimate of drug-likeness (QED) is 0.689. The van der Waals surface area contributed by atoms with Gasteiger partial charge < -0.3 is 24.8 Å². The molecular weight excluding hydrogens is 372 g/mol. The predicted octanol–water partition coefficient (Wildman–Crippen LogP) is 3.47. The van der Waals surface area contributed by atoms with Gasteiger partial charge in [-0.1, -0.05) is 18.0 Å². The lowest BCUT2D eigenvalue weighted by Gasteiger charge is -2.23. The zero-order valence-corrected chi connectivity index (χ0v) is 16.1. The molecule has 1 saturated carbocycles. The van der Waals surface area contributed by atoms with Crippen molar-refractivity contribution < 1.29 is 24.2 Å². The van der Waals surface area contributed by atoms with Crippen molar-refractivity contribution in [1.82, 2.24) is 4.90 Å². The molecule has 0 aromatic heterocycles. The van der Waals surface area contributed by atoms with Gasteiger partial charge in [-0.05, 0) is 43.9 Å². The summed E-state index contributed by atoms with van der Waals surface area (Å²) in [6.45, 7) is 4.01. The fraction of sp³-hybridized carbons (Fsp3) is 0.579. The molecule has 3 rings (SSSR count). The maximum Gasteiger partial charge on any atom is 0.321 e. The number of nitrogens with one attached hydrogen (secondary N) is 1. The summed E-state index contributed by atoms with van der Waals surface area (Å²) in [6, 6.07) is 4.68. The van der Waals surface area contributed by atoms with Gasteiger partial charge in [-0.3, -0.25) is 4.79 Å². The lowest BCUT2D eigenvalue weighted by Crippen LogP contribution is -2.38. The van der Waals surface area contributed by atoms with Crippen LogP contribution in [0, 0.1) is 11.3 Å². The first-order valence-electron chi connectivity index (χ1n) is 9.25. The molecule has 1 heterocycles. The molecule has 0 radical (unpaired) electrons. The SMILES string of the molecule is CCOCCOc1ccc(Cl)cc1NC(=O)N1C[C@@H]2CCC[C@@]2(C(=O)O)C1. The van der Waals surface area contributed by atoms with E-state index in [1.807, 2.05) is 6.92 Å². The third-order valence-corrected chi connectivity index (χ3v) is 5.69. The second-order valence-electron chi connectivity index (χ2n) is 7.05. The number of carboxylic acids is 1. The molecule has 1 aliphatic carbocycles. The van der Waals surface area contributed by atoms with Crippen molar-refractivity contribution in [3.05, 3.63) is 23.2 Å². The van der Waals surface area contributed by atoms with Crippen LogP contribution in [-0.2, 0) is 9.53 Å². The Hall–Kier alpha value is -1.99. The van der Waals surface area contributed by atoms with Crippen LogP contribution in [0.4, 0.5) is 10.5 Å². The normalized spacial score (nSPS) is 23.9. The number of nitrogens with zero attached hydrogens (tertiary/aromatic N) is 1. The topological polar surface area (TPSA) is 88.1 Å². The highest BCUT2D eigenvalue weighted by atomic mass is 35.5. The van der Waals surface area contributed by atoms with Crippen molar-refractivity contribution in [2.45, 2.75) is 26.2 Å². The van der Waals surface area contributed by atoms with Gasteiger partial charge in [0, 0.05) is 24.7 Å². The molecule has 27 heavy (non-hydrogen) atoms. The summed E-state index contributed by atoms with van der Waals surface area (Å²) in [5.74, 6) is -0.287. The number of carbonyl (C=O) groups excluding carboxylic acids is 1. The Labute approximate surface area is 163 Å². The van der Waals surface area contributed by atoms with Gasteiger partial charge in [0.25, 0.3) is 0 Å². The number of rotatable bonds is 7.